The summed E-state index contributed by atoms with van der Waals surface area (Å²) in [5.41, 5.74) is 0. The van der Waals surface area contributed by atoms with Gasteiger partial charge >= 0.3 is 0 Å². The normalized spacial score (nSPS) is 15.6. The Morgan fingerprint density at radius 3 is 2.68 bits per heavy atom. The van der Waals surface area contributed by atoms with Crippen molar-refractivity contribution in [2.75, 3.05) is 26.7 Å². The first-order chi connectivity index (χ1) is 10.6. The van der Waals surface area contributed by atoms with E-state index in [4.69, 9.17) is 0 Å². The second-order valence-corrected chi connectivity index (χ2v) is 7.42. The number of nitrogens with one attached hydrogen (secondary N) is 2. The molecule has 2 rings (SSSR count). The number of hydrogen-bond donors (Lipinski definition) is 2. The minimum atomic E-state index is 0.623. The Morgan fingerprint density at radius 2 is 2.14 bits per heavy atom. The third-order valence-electron chi connectivity index (χ3n) is 3.87. The van der Waals surface area contributed by atoms with Gasteiger partial charge in [-0.15, -0.1) is 11.3 Å². The Labute approximate surface area is 138 Å². The molecule has 0 aliphatic heterocycles. The maximum Gasteiger partial charge on any atom is 0.191 e. The molecule has 1 heterocycles. The molecule has 0 bridgehead atoms. The number of nitrogens with zero attached hydrogens (tertiary/aromatic N) is 3. The van der Waals surface area contributed by atoms with E-state index >= 15 is 0 Å². The van der Waals surface area contributed by atoms with Gasteiger partial charge in [-0.3, -0.25) is 9.89 Å². The highest BCUT2D eigenvalue weighted by molar-refractivity contribution is 7.11. The summed E-state index contributed by atoms with van der Waals surface area (Å²) in [7, 11) is 1.82. The van der Waals surface area contributed by atoms with Crippen LogP contribution in [0, 0.1) is 6.92 Å². The summed E-state index contributed by atoms with van der Waals surface area (Å²) in [5.74, 6) is 0.882. The Morgan fingerprint density at radius 1 is 1.41 bits per heavy atom. The first kappa shape index (κ1) is 17.2. The zero-order chi connectivity index (χ0) is 15.9. The molecule has 1 aromatic rings. The van der Waals surface area contributed by atoms with Gasteiger partial charge in [0.1, 0.15) is 0 Å². The largest absolute Gasteiger partial charge is 0.356 e. The number of aryl methyl sites for hydroxylation is 1. The highest BCUT2D eigenvalue weighted by Gasteiger charge is 2.29. The van der Waals surface area contributed by atoms with Crippen LogP contribution in [0.1, 0.15) is 36.6 Å². The summed E-state index contributed by atoms with van der Waals surface area (Å²) in [5, 5.41) is 7.95. The van der Waals surface area contributed by atoms with Gasteiger partial charge in [-0.1, -0.05) is 0 Å². The molecule has 5 nitrogen and oxygen atoms in total. The van der Waals surface area contributed by atoms with E-state index in [-0.39, 0.29) is 0 Å². The van der Waals surface area contributed by atoms with Gasteiger partial charge in [0.15, 0.2) is 5.96 Å². The van der Waals surface area contributed by atoms with E-state index in [0.717, 1.165) is 38.1 Å². The molecule has 2 N–H and O–H groups in total. The fraction of sp³-hybridized carbons (Fsp3) is 0.750. The second-order valence-electron chi connectivity index (χ2n) is 6.10. The topological polar surface area (TPSA) is 52.6 Å². The Kier molecular flexibility index (Phi) is 6.64. The lowest BCUT2D eigenvalue weighted by atomic mass is 10.3. The molecule has 22 heavy (non-hydrogen) atoms. The van der Waals surface area contributed by atoms with Crippen molar-refractivity contribution in [3.05, 3.63) is 16.1 Å². The van der Waals surface area contributed by atoms with Gasteiger partial charge in [-0.05, 0) is 33.6 Å². The maximum atomic E-state index is 4.38. The zero-order valence-corrected chi connectivity index (χ0v) is 15.0. The van der Waals surface area contributed by atoms with Crippen LogP contribution in [0.25, 0.3) is 0 Å². The van der Waals surface area contributed by atoms with E-state index in [1.165, 1.54) is 22.7 Å². The molecule has 1 fully saturated rings. The van der Waals surface area contributed by atoms with Crippen molar-refractivity contribution in [2.45, 2.75) is 52.1 Å². The summed E-state index contributed by atoms with van der Waals surface area (Å²) < 4.78 is 0. The molecule has 0 atom stereocenters. The molecule has 0 spiro atoms. The maximum absolute atomic E-state index is 4.38. The SMILES string of the molecule is CN=C(NCCc1ncc(C)s1)NCCN(C(C)C)C1CC1. The predicted octanol–water partition coefficient (Wildman–Crippen LogP) is 2.03. The van der Waals surface area contributed by atoms with Crippen molar-refractivity contribution in [3.8, 4) is 0 Å². The predicted molar refractivity (Wildman–Crippen MR) is 94.8 cm³/mol. The molecule has 6 heteroatoms. The summed E-state index contributed by atoms with van der Waals surface area (Å²) in [4.78, 5) is 12.5. The second kappa shape index (κ2) is 8.48. The van der Waals surface area contributed by atoms with Crippen molar-refractivity contribution < 1.29 is 0 Å². The lowest BCUT2D eigenvalue weighted by molar-refractivity contribution is 0.215. The first-order valence-electron chi connectivity index (χ1n) is 8.21. The van der Waals surface area contributed by atoms with E-state index in [1.54, 1.807) is 11.3 Å². The van der Waals surface area contributed by atoms with Crippen LogP contribution in [0.3, 0.4) is 0 Å². The van der Waals surface area contributed by atoms with Crippen LogP contribution in [-0.2, 0) is 6.42 Å². The van der Waals surface area contributed by atoms with Gasteiger partial charge in [0.05, 0.1) is 5.01 Å². The van der Waals surface area contributed by atoms with Gasteiger partial charge in [-0.25, -0.2) is 4.98 Å². The average molecular weight is 324 g/mol. The monoisotopic (exact) mass is 323 g/mol. The van der Waals surface area contributed by atoms with Crippen LogP contribution in [0.5, 0.6) is 0 Å². The van der Waals surface area contributed by atoms with Gasteiger partial charge < -0.3 is 10.6 Å². The third-order valence-corrected chi connectivity index (χ3v) is 4.84. The van der Waals surface area contributed by atoms with Gasteiger partial charge in [-0.2, -0.15) is 0 Å². The van der Waals surface area contributed by atoms with Crippen molar-refractivity contribution in [3.63, 3.8) is 0 Å². The summed E-state index contributed by atoms with van der Waals surface area (Å²) >= 11 is 1.76. The highest BCUT2D eigenvalue weighted by Crippen LogP contribution is 2.27. The van der Waals surface area contributed by atoms with Crippen molar-refractivity contribution in [1.29, 1.82) is 0 Å². The molecule has 0 aromatic carbocycles. The lowest BCUT2D eigenvalue weighted by Gasteiger charge is -2.26. The smallest absolute Gasteiger partial charge is 0.191 e. The molecule has 1 saturated carbocycles. The Hall–Kier alpha value is -1.14. The summed E-state index contributed by atoms with van der Waals surface area (Å²) in [6.45, 7) is 9.53. The van der Waals surface area contributed by atoms with Crippen LogP contribution in [0.15, 0.2) is 11.2 Å². The van der Waals surface area contributed by atoms with Crippen LogP contribution >= 0.6 is 11.3 Å². The Bertz CT molecular complexity index is 477. The van der Waals surface area contributed by atoms with E-state index in [0.29, 0.717) is 6.04 Å². The van der Waals surface area contributed by atoms with Crippen LogP contribution < -0.4 is 10.6 Å². The van der Waals surface area contributed by atoms with Crippen molar-refractivity contribution >= 4 is 17.3 Å². The fourth-order valence-electron chi connectivity index (χ4n) is 2.60. The summed E-state index contributed by atoms with van der Waals surface area (Å²) in [6, 6.07) is 1.43. The zero-order valence-electron chi connectivity index (χ0n) is 14.2. The highest BCUT2D eigenvalue weighted by atomic mass is 32.1. The van der Waals surface area contributed by atoms with Crippen LogP contribution in [0.2, 0.25) is 0 Å². The van der Waals surface area contributed by atoms with Gasteiger partial charge in [0, 0.05) is 56.3 Å². The minimum absolute atomic E-state index is 0.623. The standard InChI is InChI=1S/C16H29N5S/c1-12(2)21(14-5-6-14)10-9-19-16(17-4)18-8-7-15-20-11-13(3)22-15/h11-12,14H,5-10H2,1-4H3,(H2,17,18,19). The first-order valence-corrected chi connectivity index (χ1v) is 9.03. The molecule has 0 saturated heterocycles. The Balaban J connectivity index is 1.64. The van der Waals surface area contributed by atoms with Crippen LogP contribution in [-0.4, -0.2) is 54.6 Å². The molecule has 0 amide bonds. The molecule has 1 aliphatic carbocycles. The molecule has 1 aliphatic rings. The molecule has 124 valence electrons. The van der Waals surface area contributed by atoms with E-state index < -0.39 is 0 Å². The number of thiazole rings is 1. The van der Waals surface area contributed by atoms with Crippen LogP contribution in [0.4, 0.5) is 0 Å². The number of aromatic nitrogens is 1. The molecular formula is C16H29N5S. The van der Waals surface area contributed by atoms with Gasteiger partial charge in [0.25, 0.3) is 0 Å². The van der Waals surface area contributed by atoms with Crippen molar-refractivity contribution in [1.82, 2.24) is 20.5 Å². The number of aliphatic imine (C=N–C) groups is 1. The molecule has 1 aromatic heterocycles. The number of rotatable bonds is 8. The van der Waals surface area contributed by atoms with E-state index in [1.807, 2.05) is 13.2 Å². The van der Waals surface area contributed by atoms with Crippen molar-refractivity contribution in [2.24, 2.45) is 4.99 Å². The van der Waals surface area contributed by atoms with Gasteiger partial charge in [0.2, 0.25) is 0 Å². The third kappa shape index (κ3) is 5.57. The quantitative estimate of drug-likeness (QED) is 0.568. The number of guanidine groups is 1. The average Bonchev–Trinajstić information content (AvgIpc) is 3.23. The fourth-order valence-corrected chi connectivity index (χ4v) is 3.38. The minimum Gasteiger partial charge on any atom is -0.356 e. The lowest BCUT2D eigenvalue weighted by Crippen LogP contribution is -2.44. The van der Waals surface area contributed by atoms with E-state index in [2.05, 4.69) is 46.3 Å². The number of hydrogen-bond acceptors (Lipinski definition) is 4. The molecule has 0 radical (unpaired) electrons. The van der Waals surface area contributed by atoms with E-state index in [9.17, 15) is 0 Å². The summed E-state index contributed by atoms with van der Waals surface area (Å²) in [6.07, 6.45) is 5.60. The molecular weight excluding hydrogens is 294 g/mol. The molecule has 0 unspecified atom stereocenters.